The molecule has 106 valence electrons. The van der Waals surface area contributed by atoms with Crippen molar-refractivity contribution in [3.63, 3.8) is 0 Å². The van der Waals surface area contributed by atoms with Crippen LogP contribution in [0.3, 0.4) is 0 Å². The highest BCUT2D eigenvalue weighted by atomic mass is 19.1. The molecule has 0 saturated carbocycles. The molecule has 0 heterocycles. The molecule has 0 bridgehead atoms. The molecule has 20 heavy (non-hydrogen) atoms. The van der Waals surface area contributed by atoms with Gasteiger partial charge in [0.05, 0.1) is 6.61 Å². The van der Waals surface area contributed by atoms with Crippen LogP contribution in [0.4, 0.5) is 4.39 Å². The van der Waals surface area contributed by atoms with Crippen LogP contribution in [0, 0.1) is 5.82 Å². The number of hydrogen-bond donors (Lipinski definition) is 2. The lowest BCUT2D eigenvalue weighted by atomic mass is 10.0. The van der Waals surface area contributed by atoms with Gasteiger partial charge in [-0.2, -0.15) is 0 Å². The van der Waals surface area contributed by atoms with Crippen molar-refractivity contribution in [1.29, 1.82) is 0 Å². The van der Waals surface area contributed by atoms with Gasteiger partial charge in [0.1, 0.15) is 17.7 Å². The van der Waals surface area contributed by atoms with Gasteiger partial charge in [-0.1, -0.05) is 24.3 Å². The van der Waals surface area contributed by atoms with Gasteiger partial charge in [-0.3, -0.25) is 0 Å². The molecule has 2 aromatic rings. The lowest BCUT2D eigenvalue weighted by Gasteiger charge is -2.23. The van der Waals surface area contributed by atoms with Gasteiger partial charge in [-0.25, -0.2) is 4.39 Å². The molecule has 0 aliphatic heterocycles. The highest BCUT2D eigenvalue weighted by Gasteiger charge is 2.18. The van der Waals surface area contributed by atoms with Crippen LogP contribution < -0.4 is 10.5 Å². The first-order valence-electron chi connectivity index (χ1n) is 6.47. The maximum absolute atomic E-state index is 13.3. The van der Waals surface area contributed by atoms with Crippen LogP contribution in [0.1, 0.15) is 24.2 Å². The Labute approximate surface area is 117 Å². The first-order valence-corrected chi connectivity index (χ1v) is 6.47. The smallest absolute Gasteiger partial charge is 0.139 e. The number of rotatable bonds is 5. The molecule has 0 spiro atoms. The van der Waals surface area contributed by atoms with Crippen molar-refractivity contribution in [1.82, 2.24) is 0 Å². The first-order chi connectivity index (χ1) is 9.60. The number of benzene rings is 2. The molecule has 4 heteroatoms. The van der Waals surface area contributed by atoms with E-state index in [0.29, 0.717) is 11.3 Å². The van der Waals surface area contributed by atoms with E-state index < -0.39 is 6.10 Å². The molecule has 0 aromatic heterocycles. The number of hydrogen-bond acceptors (Lipinski definition) is 3. The maximum Gasteiger partial charge on any atom is 0.139 e. The summed E-state index contributed by atoms with van der Waals surface area (Å²) in [7, 11) is 0. The molecule has 0 amide bonds. The SMILES string of the molecule is CC(N)C(Oc1cccc(CO)c1)c1cccc(F)c1. The fraction of sp³-hybridized carbons (Fsp3) is 0.250. The minimum absolute atomic E-state index is 0.0555. The van der Waals surface area contributed by atoms with Crippen LogP contribution in [0.25, 0.3) is 0 Å². The van der Waals surface area contributed by atoms with Gasteiger partial charge in [-0.15, -0.1) is 0 Å². The zero-order chi connectivity index (χ0) is 14.5. The summed E-state index contributed by atoms with van der Waals surface area (Å²) in [6.07, 6.45) is -0.445. The van der Waals surface area contributed by atoms with E-state index in [1.165, 1.54) is 12.1 Å². The number of nitrogens with two attached hydrogens (primary N) is 1. The van der Waals surface area contributed by atoms with Crippen molar-refractivity contribution in [3.8, 4) is 5.75 Å². The molecule has 3 nitrogen and oxygen atoms in total. The lowest BCUT2D eigenvalue weighted by Crippen LogP contribution is -2.29. The molecule has 2 rings (SSSR count). The molecule has 0 saturated heterocycles. The summed E-state index contributed by atoms with van der Waals surface area (Å²) < 4.78 is 19.2. The Morgan fingerprint density at radius 2 is 1.95 bits per heavy atom. The van der Waals surface area contributed by atoms with Crippen LogP contribution in [0.5, 0.6) is 5.75 Å². The monoisotopic (exact) mass is 275 g/mol. The van der Waals surface area contributed by atoms with E-state index in [1.54, 1.807) is 36.4 Å². The van der Waals surface area contributed by atoms with Crippen LogP contribution in [-0.4, -0.2) is 11.1 Å². The summed E-state index contributed by atoms with van der Waals surface area (Å²) in [6.45, 7) is 1.76. The Hall–Kier alpha value is -1.91. The van der Waals surface area contributed by atoms with Crippen LogP contribution in [-0.2, 0) is 6.61 Å². The van der Waals surface area contributed by atoms with Gasteiger partial charge < -0.3 is 15.6 Å². The second-order valence-electron chi connectivity index (χ2n) is 4.76. The van der Waals surface area contributed by atoms with Crippen molar-refractivity contribution in [2.45, 2.75) is 25.7 Å². The number of ether oxygens (including phenoxy) is 1. The Kier molecular flexibility index (Phi) is 4.71. The first kappa shape index (κ1) is 14.5. The number of halogens is 1. The number of aliphatic hydroxyl groups is 1. The van der Waals surface area contributed by atoms with Gasteiger partial charge in [0.15, 0.2) is 0 Å². The predicted octanol–water partition coefficient (Wildman–Crippen LogP) is 2.79. The zero-order valence-corrected chi connectivity index (χ0v) is 11.3. The van der Waals surface area contributed by atoms with E-state index >= 15 is 0 Å². The van der Waals surface area contributed by atoms with Crippen molar-refractivity contribution in [3.05, 3.63) is 65.5 Å². The summed E-state index contributed by atoms with van der Waals surface area (Å²) >= 11 is 0. The Morgan fingerprint density at radius 1 is 1.20 bits per heavy atom. The van der Waals surface area contributed by atoms with Gasteiger partial charge in [0.25, 0.3) is 0 Å². The highest BCUT2D eigenvalue weighted by molar-refractivity contribution is 5.30. The highest BCUT2D eigenvalue weighted by Crippen LogP contribution is 2.25. The van der Waals surface area contributed by atoms with Gasteiger partial charge in [-0.05, 0) is 42.3 Å². The molecule has 2 unspecified atom stereocenters. The zero-order valence-electron chi connectivity index (χ0n) is 11.3. The standard InChI is InChI=1S/C16H18FNO2/c1-11(18)16(13-5-3-6-14(17)9-13)20-15-7-2-4-12(8-15)10-19/h2-9,11,16,19H,10,18H2,1H3. The summed E-state index contributed by atoms with van der Waals surface area (Å²) in [6, 6.07) is 13.1. The van der Waals surface area contributed by atoms with Crippen LogP contribution in [0.15, 0.2) is 48.5 Å². The summed E-state index contributed by atoms with van der Waals surface area (Å²) in [5, 5.41) is 9.13. The van der Waals surface area contributed by atoms with E-state index in [-0.39, 0.29) is 18.5 Å². The summed E-state index contributed by atoms with van der Waals surface area (Å²) in [5.41, 5.74) is 7.38. The molecule has 0 radical (unpaired) electrons. The van der Waals surface area contributed by atoms with Crippen molar-refractivity contribution >= 4 is 0 Å². The van der Waals surface area contributed by atoms with Gasteiger partial charge >= 0.3 is 0 Å². The second-order valence-corrected chi connectivity index (χ2v) is 4.76. The van der Waals surface area contributed by atoms with Crippen LogP contribution in [0.2, 0.25) is 0 Å². The molecule has 3 N–H and O–H groups in total. The average molecular weight is 275 g/mol. The third-order valence-electron chi connectivity index (χ3n) is 3.00. The topological polar surface area (TPSA) is 55.5 Å². The summed E-state index contributed by atoms with van der Waals surface area (Å²) in [4.78, 5) is 0. The molecule has 0 aliphatic carbocycles. The summed E-state index contributed by atoms with van der Waals surface area (Å²) in [5.74, 6) is 0.281. The van der Waals surface area contributed by atoms with Crippen LogP contribution >= 0.6 is 0 Å². The Bertz CT molecular complexity index is 572. The molecule has 2 atom stereocenters. The molecular weight excluding hydrogens is 257 g/mol. The van der Waals surface area contributed by atoms with E-state index in [2.05, 4.69) is 0 Å². The molecule has 0 aliphatic rings. The minimum atomic E-state index is -0.445. The Morgan fingerprint density at radius 3 is 2.60 bits per heavy atom. The molecule has 0 fully saturated rings. The third kappa shape index (κ3) is 3.56. The second kappa shape index (κ2) is 6.50. The number of aliphatic hydroxyl groups excluding tert-OH is 1. The van der Waals surface area contributed by atoms with E-state index in [4.69, 9.17) is 15.6 Å². The van der Waals surface area contributed by atoms with E-state index in [1.807, 2.05) is 6.92 Å². The van der Waals surface area contributed by atoms with Crippen molar-refractivity contribution in [2.75, 3.05) is 0 Å². The van der Waals surface area contributed by atoms with Crippen molar-refractivity contribution in [2.24, 2.45) is 5.73 Å². The maximum atomic E-state index is 13.3. The Balaban J connectivity index is 2.25. The molecular formula is C16H18FNO2. The molecule has 2 aromatic carbocycles. The lowest BCUT2D eigenvalue weighted by molar-refractivity contribution is 0.179. The predicted molar refractivity (Wildman–Crippen MR) is 75.8 cm³/mol. The largest absolute Gasteiger partial charge is 0.484 e. The van der Waals surface area contributed by atoms with E-state index in [0.717, 1.165) is 5.56 Å². The fourth-order valence-electron chi connectivity index (χ4n) is 2.03. The quantitative estimate of drug-likeness (QED) is 0.882. The third-order valence-corrected chi connectivity index (χ3v) is 3.00. The van der Waals surface area contributed by atoms with Gasteiger partial charge in [0, 0.05) is 6.04 Å². The van der Waals surface area contributed by atoms with Gasteiger partial charge in [0.2, 0.25) is 0 Å². The minimum Gasteiger partial charge on any atom is -0.484 e. The van der Waals surface area contributed by atoms with Crippen molar-refractivity contribution < 1.29 is 14.2 Å². The average Bonchev–Trinajstić information content (AvgIpc) is 2.44. The van der Waals surface area contributed by atoms with E-state index in [9.17, 15) is 4.39 Å². The normalized spacial score (nSPS) is 13.8. The fourth-order valence-corrected chi connectivity index (χ4v) is 2.03.